The molecule has 1 amide bonds. The number of primary amides is 1. The van der Waals surface area contributed by atoms with Crippen LogP contribution < -0.4 is 16.8 Å². The molecule has 7 heteroatoms. The lowest BCUT2D eigenvalue weighted by Crippen LogP contribution is -2.15. The van der Waals surface area contributed by atoms with Crippen LogP contribution in [0.25, 0.3) is 10.8 Å². The highest BCUT2D eigenvalue weighted by Crippen LogP contribution is 2.29. The molecule has 150 valence electrons. The van der Waals surface area contributed by atoms with Crippen molar-refractivity contribution in [3.63, 3.8) is 0 Å². The van der Waals surface area contributed by atoms with E-state index in [9.17, 15) is 9.59 Å². The number of carbonyl (C=O) groups excluding carboxylic acids is 2. The highest BCUT2D eigenvalue weighted by atomic mass is 32.1. The van der Waals surface area contributed by atoms with Gasteiger partial charge in [-0.1, -0.05) is 54.6 Å². The summed E-state index contributed by atoms with van der Waals surface area (Å²) in [4.78, 5) is 29.4. The second kappa shape index (κ2) is 8.44. The molecule has 0 atom stereocenters. The monoisotopic (exact) mass is 416 g/mol. The Bertz CT molecular complexity index is 1230. The van der Waals surface area contributed by atoms with Crippen LogP contribution in [0.1, 0.15) is 31.3 Å². The molecule has 0 saturated carbocycles. The molecule has 4 aromatic rings. The van der Waals surface area contributed by atoms with Gasteiger partial charge >= 0.3 is 0 Å². The van der Waals surface area contributed by atoms with Gasteiger partial charge in [0.1, 0.15) is 5.69 Å². The summed E-state index contributed by atoms with van der Waals surface area (Å²) in [7, 11) is 0. The smallest absolute Gasteiger partial charge is 0.268 e. The Balaban J connectivity index is 1.57. The van der Waals surface area contributed by atoms with E-state index in [1.165, 1.54) is 11.3 Å². The van der Waals surface area contributed by atoms with Crippen LogP contribution in [-0.2, 0) is 13.0 Å². The number of carbonyl (C=O) groups is 2. The van der Waals surface area contributed by atoms with E-state index in [0.717, 1.165) is 22.0 Å². The minimum absolute atomic E-state index is 0.0529. The summed E-state index contributed by atoms with van der Waals surface area (Å²) in [6.07, 6.45) is 0.0529. The molecular formula is C23H20N4O2S. The van der Waals surface area contributed by atoms with E-state index in [2.05, 4.69) is 10.3 Å². The maximum absolute atomic E-state index is 12.7. The van der Waals surface area contributed by atoms with Gasteiger partial charge in [-0.3, -0.25) is 9.59 Å². The zero-order valence-electron chi connectivity index (χ0n) is 16.1. The molecule has 1 heterocycles. The zero-order chi connectivity index (χ0) is 21.1. The van der Waals surface area contributed by atoms with Crippen molar-refractivity contribution in [1.29, 1.82) is 0 Å². The Morgan fingerprint density at radius 1 is 0.967 bits per heavy atom. The topological polar surface area (TPSA) is 111 Å². The van der Waals surface area contributed by atoms with Crippen LogP contribution in [-0.4, -0.2) is 16.7 Å². The Morgan fingerprint density at radius 3 is 2.40 bits per heavy atom. The van der Waals surface area contributed by atoms with Crippen molar-refractivity contribution in [2.45, 2.75) is 13.0 Å². The van der Waals surface area contributed by atoms with Gasteiger partial charge in [0.15, 0.2) is 10.9 Å². The highest BCUT2D eigenvalue weighted by Gasteiger charge is 2.19. The maximum Gasteiger partial charge on any atom is 0.268 e. The number of nitrogens with zero attached hydrogens (tertiary/aromatic N) is 1. The number of ketones is 1. The number of amides is 1. The van der Waals surface area contributed by atoms with E-state index in [4.69, 9.17) is 11.5 Å². The van der Waals surface area contributed by atoms with Crippen LogP contribution in [0.3, 0.4) is 0 Å². The first-order valence-electron chi connectivity index (χ1n) is 9.41. The van der Waals surface area contributed by atoms with Gasteiger partial charge in [0.05, 0.1) is 0 Å². The molecule has 0 radical (unpaired) electrons. The number of nitrogens with two attached hydrogens (primary N) is 2. The number of benzene rings is 3. The van der Waals surface area contributed by atoms with Crippen LogP contribution in [0.5, 0.6) is 0 Å². The normalized spacial score (nSPS) is 10.8. The number of thiazole rings is 1. The highest BCUT2D eigenvalue weighted by molar-refractivity contribution is 7.16. The van der Waals surface area contributed by atoms with Gasteiger partial charge < -0.3 is 16.8 Å². The Kier molecular flexibility index (Phi) is 5.56. The van der Waals surface area contributed by atoms with Crippen LogP contribution in [0.4, 0.5) is 10.8 Å². The number of Topliss-reactive ketones (excluding diaryl/α,β-unsaturated/α-hetero) is 1. The van der Waals surface area contributed by atoms with Gasteiger partial charge in [0, 0.05) is 29.1 Å². The van der Waals surface area contributed by atoms with Gasteiger partial charge in [-0.05, 0) is 28.5 Å². The van der Waals surface area contributed by atoms with Crippen LogP contribution in [0, 0.1) is 0 Å². The molecule has 5 N–H and O–H groups in total. The molecule has 0 saturated heterocycles. The van der Waals surface area contributed by atoms with Gasteiger partial charge in [0.2, 0.25) is 0 Å². The Hall–Kier alpha value is -3.55. The fourth-order valence-electron chi connectivity index (χ4n) is 3.18. The third-order valence-corrected chi connectivity index (χ3v) is 5.73. The summed E-state index contributed by atoms with van der Waals surface area (Å²) >= 11 is 1.25. The molecule has 0 aliphatic heterocycles. The van der Waals surface area contributed by atoms with Crippen molar-refractivity contribution in [3.8, 4) is 0 Å². The quantitative estimate of drug-likeness (QED) is 0.394. The lowest BCUT2D eigenvalue weighted by Gasteiger charge is -2.04. The predicted molar refractivity (Wildman–Crippen MR) is 120 cm³/mol. The SMILES string of the molecule is NCc1ccc(C(=O)Cc2sc(Nc3ccc4ccccc4c3)nc2C(N)=O)cc1. The van der Waals surface area contributed by atoms with Crippen molar-refractivity contribution < 1.29 is 9.59 Å². The minimum Gasteiger partial charge on any atom is -0.364 e. The van der Waals surface area contributed by atoms with Gasteiger partial charge in [-0.15, -0.1) is 11.3 Å². The van der Waals surface area contributed by atoms with Crippen molar-refractivity contribution >= 4 is 44.6 Å². The van der Waals surface area contributed by atoms with Crippen LogP contribution in [0.2, 0.25) is 0 Å². The number of aromatic nitrogens is 1. The molecule has 6 nitrogen and oxygen atoms in total. The fraction of sp³-hybridized carbons (Fsp3) is 0.0870. The number of nitrogens with one attached hydrogen (secondary N) is 1. The van der Waals surface area contributed by atoms with E-state index in [-0.39, 0.29) is 17.9 Å². The molecule has 4 rings (SSSR count). The summed E-state index contributed by atoms with van der Waals surface area (Å²) in [5, 5.41) is 5.95. The van der Waals surface area contributed by atoms with Gasteiger partial charge in [0.25, 0.3) is 5.91 Å². The minimum atomic E-state index is -0.654. The summed E-state index contributed by atoms with van der Waals surface area (Å²) < 4.78 is 0. The van der Waals surface area contributed by atoms with E-state index >= 15 is 0 Å². The maximum atomic E-state index is 12.7. The van der Waals surface area contributed by atoms with E-state index in [1.807, 2.05) is 54.6 Å². The third-order valence-electron chi connectivity index (χ3n) is 4.76. The molecule has 0 aliphatic rings. The molecule has 30 heavy (non-hydrogen) atoms. The van der Waals surface area contributed by atoms with Crippen LogP contribution >= 0.6 is 11.3 Å². The number of fused-ring (bicyclic) bond motifs is 1. The molecule has 0 fully saturated rings. The van der Waals surface area contributed by atoms with E-state index < -0.39 is 5.91 Å². The predicted octanol–water partition coefficient (Wildman–Crippen LogP) is 4.02. The lowest BCUT2D eigenvalue weighted by atomic mass is 10.0. The molecular weight excluding hydrogens is 396 g/mol. The van der Waals surface area contributed by atoms with Crippen LogP contribution in [0.15, 0.2) is 66.7 Å². The van der Waals surface area contributed by atoms with Crippen molar-refractivity contribution in [2.75, 3.05) is 5.32 Å². The van der Waals surface area contributed by atoms with E-state index in [1.54, 1.807) is 12.1 Å². The summed E-state index contributed by atoms with van der Waals surface area (Å²) in [5.74, 6) is -0.763. The summed E-state index contributed by atoms with van der Waals surface area (Å²) in [6, 6.07) is 21.1. The van der Waals surface area contributed by atoms with Crippen molar-refractivity contribution in [1.82, 2.24) is 4.98 Å². The lowest BCUT2D eigenvalue weighted by molar-refractivity contribution is 0.0991. The first-order valence-corrected chi connectivity index (χ1v) is 10.2. The number of rotatable bonds is 7. The molecule has 3 aromatic carbocycles. The average Bonchev–Trinajstić information content (AvgIpc) is 3.16. The fourth-order valence-corrected chi connectivity index (χ4v) is 4.17. The number of anilines is 2. The van der Waals surface area contributed by atoms with Crippen molar-refractivity contribution in [3.05, 3.63) is 88.4 Å². The zero-order valence-corrected chi connectivity index (χ0v) is 16.9. The number of hydrogen-bond acceptors (Lipinski definition) is 6. The standard InChI is InChI=1S/C23H20N4O2S/c24-13-14-5-7-16(8-6-14)19(28)12-20-21(22(25)29)27-23(30-20)26-18-10-9-15-3-1-2-4-17(15)11-18/h1-11H,12-13,24H2,(H2,25,29)(H,26,27). The first-order chi connectivity index (χ1) is 14.5. The first kappa shape index (κ1) is 19.8. The van der Waals surface area contributed by atoms with E-state index in [0.29, 0.717) is 22.1 Å². The molecule has 0 spiro atoms. The average molecular weight is 417 g/mol. The Labute approximate surface area is 177 Å². The molecule has 0 unspecified atom stereocenters. The largest absolute Gasteiger partial charge is 0.364 e. The molecule has 0 aliphatic carbocycles. The third kappa shape index (κ3) is 4.22. The number of hydrogen-bond donors (Lipinski definition) is 3. The molecule has 0 bridgehead atoms. The second-order valence-electron chi connectivity index (χ2n) is 6.84. The van der Waals surface area contributed by atoms with Gasteiger partial charge in [-0.25, -0.2) is 4.98 Å². The Morgan fingerprint density at radius 2 is 1.70 bits per heavy atom. The summed E-state index contributed by atoms with van der Waals surface area (Å²) in [5.41, 5.74) is 13.6. The summed E-state index contributed by atoms with van der Waals surface area (Å²) in [6.45, 7) is 0.416. The second-order valence-corrected chi connectivity index (χ2v) is 7.93. The van der Waals surface area contributed by atoms with Crippen molar-refractivity contribution in [2.24, 2.45) is 11.5 Å². The van der Waals surface area contributed by atoms with Gasteiger partial charge in [-0.2, -0.15) is 0 Å². The molecule has 1 aromatic heterocycles.